The Labute approximate surface area is 439 Å². The zero-order valence-corrected chi connectivity index (χ0v) is 46.7. The fourth-order valence-electron chi connectivity index (χ4n) is 8.39. The fourth-order valence-corrected chi connectivity index (χ4v) is 8.39. The standard InChI is InChI=1S/C65H112O6/c1-4-7-10-13-16-19-22-25-28-31-34-37-40-43-46-49-52-55-58-64(67)70-61-62(60-69-63(66)57-54-51-48-45-42-39-36-33-30-27-24-21-18-15-12-9-6-3)71-65(68)59-56-53-50-47-44-41-38-35-32-29-26-23-20-17-14-11-8-5-2/h9,12,18-19,21-22,27-28,30-31,36,39,45,48,62H,4-8,10-11,13-17,20,23-26,29,32-35,37-38,40-44,46-47,49-61H2,1-3H3/b12-9-,21-18-,22-19-,30-27-,31-28-,39-36-,48-45-. The van der Waals surface area contributed by atoms with Crippen molar-refractivity contribution in [2.75, 3.05) is 13.2 Å². The summed E-state index contributed by atoms with van der Waals surface area (Å²) in [5, 5.41) is 0. The topological polar surface area (TPSA) is 78.9 Å². The second-order valence-electron chi connectivity index (χ2n) is 19.9. The lowest BCUT2D eigenvalue weighted by Gasteiger charge is -2.18. The molecular formula is C65H112O6. The highest BCUT2D eigenvalue weighted by Crippen LogP contribution is 2.16. The Balaban J connectivity index is 4.46. The maximum Gasteiger partial charge on any atom is 0.306 e. The molecule has 0 radical (unpaired) electrons. The van der Waals surface area contributed by atoms with Gasteiger partial charge >= 0.3 is 17.9 Å². The number of unbranched alkanes of at least 4 members (excludes halogenated alkanes) is 29. The molecule has 0 aliphatic carbocycles. The van der Waals surface area contributed by atoms with Gasteiger partial charge < -0.3 is 14.2 Å². The molecule has 0 N–H and O–H groups in total. The van der Waals surface area contributed by atoms with Gasteiger partial charge in [-0.25, -0.2) is 0 Å². The van der Waals surface area contributed by atoms with Crippen molar-refractivity contribution in [2.24, 2.45) is 0 Å². The zero-order valence-electron chi connectivity index (χ0n) is 46.7. The largest absolute Gasteiger partial charge is 0.462 e. The third kappa shape index (κ3) is 57.4. The lowest BCUT2D eigenvalue weighted by molar-refractivity contribution is -0.167. The lowest BCUT2D eigenvalue weighted by atomic mass is 10.0. The van der Waals surface area contributed by atoms with Crippen molar-refractivity contribution < 1.29 is 28.6 Å². The number of hydrogen-bond donors (Lipinski definition) is 0. The van der Waals surface area contributed by atoms with Crippen LogP contribution < -0.4 is 0 Å². The molecule has 0 spiro atoms. The molecule has 0 saturated carbocycles. The van der Waals surface area contributed by atoms with E-state index in [0.29, 0.717) is 19.3 Å². The van der Waals surface area contributed by atoms with E-state index in [1.807, 2.05) is 0 Å². The summed E-state index contributed by atoms with van der Waals surface area (Å²) in [6, 6.07) is 0. The van der Waals surface area contributed by atoms with Crippen molar-refractivity contribution >= 4 is 17.9 Å². The minimum atomic E-state index is -0.802. The summed E-state index contributed by atoms with van der Waals surface area (Å²) in [6.07, 6.45) is 77.2. The first kappa shape index (κ1) is 67.6. The van der Waals surface area contributed by atoms with Crippen molar-refractivity contribution in [1.82, 2.24) is 0 Å². The summed E-state index contributed by atoms with van der Waals surface area (Å²) < 4.78 is 16.9. The van der Waals surface area contributed by atoms with Gasteiger partial charge in [-0.1, -0.05) is 266 Å². The molecule has 0 aliphatic heterocycles. The third-order valence-corrected chi connectivity index (χ3v) is 12.9. The smallest absolute Gasteiger partial charge is 0.306 e. The molecule has 6 nitrogen and oxygen atoms in total. The summed E-state index contributed by atoms with van der Waals surface area (Å²) in [5.41, 5.74) is 0. The van der Waals surface area contributed by atoms with Gasteiger partial charge in [0.25, 0.3) is 0 Å². The van der Waals surface area contributed by atoms with E-state index < -0.39 is 6.10 Å². The molecular weight excluding hydrogens is 877 g/mol. The van der Waals surface area contributed by atoms with Gasteiger partial charge in [-0.15, -0.1) is 0 Å². The van der Waals surface area contributed by atoms with Crippen LogP contribution in [-0.2, 0) is 28.6 Å². The average Bonchev–Trinajstić information content (AvgIpc) is 3.37. The summed E-state index contributed by atoms with van der Waals surface area (Å²) >= 11 is 0. The van der Waals surface area contributed by atoms with E-state index in [4.69, 9.17) is 14.2 Å². The molecule has 0 saturated heterocycles. The first-order valence-electron chi connectivity index (χ1n) is 30.1. The Morgan fingerprint density at radius 3 is 0.930 bits per heavy atom. The molecule has 0 aromatic rings. The molecule has 408 valence electrons. The van der Waals surface area contributed by atoms with E-state index in [0.717, 1.165) is 89.9 Å². The summed E-state index contributed by atoms with van der Waals surface area (Å²) in [6.45, 7) is 6.48. The van der Waals surface area contributed by atoms with E-state index in [2.05, 4.69) is 106 Å². The quantitative estimate of drug-likeness (QED) is 0.0261. The van der Waals surface area contributed by atoms with E-state index in [9.17, 15) is 14.4 Å². The molecule has 0 fully saturated rings. The summed E-state index contributed by atoms with van der Waals surface area (Å²) in [7, 11) is 0. The van der Waals surface area contributed by atoms with Gasteiger partial charge in [-0.3, -0.25) is 14.4 Å². The Morgan fingerprint density at radius 2 is 0.563 bits per heavy atom. The molecule has 0 bridgehead atoms. The normalized spacial score (nSPS) is 12.7. The van der Waals surface area contributed by atoms with Gasteiger partial charge in [0.05, 0.1) is 0 Å². The molecule has 6 heteroatoms. The number of esters is 3. The molecule has 0 rings (SSSR count). The monoisotopic (exact) mass is 989 g/mol. The van der Waals surface area contributed by atoms with Crippen LogP contribution in [0.5, 0.6) is 0 Å². The van der Waals surface area contributed by atoms with Crippen LogP contribution in [0.4, 0.5) is 0 Å². The van der Waals surface area contributed by atoms with Gasteiger partial charge in [-0.2, -0.15) is 0 Å². The predicted molar refractivity (Wildman–Crippen MR) is 307 cm³/mol. The van der Waals surface area contributed by atoms with Crippen LogP contribution in [0.2, 0.25) is 0 Å². The molecule has 0 aromatic carbocycles. The van der Waals surface area contributed by atoms with Crippen LogP contribution in [0.15, 0.2) is 85.1 Å². The SMILES string of the molecule is CC/C=C\C/C=C\C/C=C\C/C=C\C/C=C\CCCC(=O)OCC(COC(=O)CCCCCCCCC/C=C\C/C=C\CCCCCC)OC(=O)CCCCCCCCCCCCCCCCCCCC. The highest BCUT2D eigenvalue weighted by molar-refractivity contribution is 5.71. The Bertz CT molecular complexity index is 1370. The predicted octanol–water partition coefficient (Wildman–Crippen LogP) is 20.3. The highest BCUT2D eigenvalue weighted by Gasteiger charge is 2.19. The Hall–Kier alpha value is -3.41. The fraction of sp³-hybridized carbons (Fsp3) is 0.738. The van der Waals surface area contributed by atoms with E-state index >= 15 is 0 Å². The van der Waals surface area contributed by atoms with Gasteiger partial charge in [-0.05, 0) is 89.9 Å². The molecule has 71 heavy (non-hydrogen) atoms. The van der Waals surface area contributed by atoms with Crippen molar-refractivity contribution in [3.05, 3.63) is 85.1 Å². The van der Waals surface area contributed by atoms with Gasteiger partial charge in [0.15, 0.2) is 6.10 Å². The van der Waals surface area contributed by atoms with Crippen LogP contribution in [-0.4, -0.2) is 37.2 Å². The van der Waals surface area contributed by atoms with Crippen LogP contribution in [0.1, 0.15) is 290 Å². The number of carbonyl (C=O) groups is 3. The van der Waals surface area contributed by atoms with Crippen LogP contribution in [0.3, 0.4) is 0 Å². The van der Waals surface area contributed by atoms with E-state index in [1.54, 1.807) is 0 Å². The summed E-state index contributed by atoms with van der Waals surface area (Å²) in [5.74, 6) is -0.953. The maximum atomic E-state index is 12.9. The van der Waals surface area contributed by atoms with Crippen LogP contribution in [0.25, 0.3) is 0 Å². The molecule has 0 aromatic heterocycles. The molecule has 1 atom stereocenters. The van der Waals surface area contributed by atoms with Gasteiger partial charge in [0, 0.05) is 19.3 Å². The minimum absolute atomic E-state index is 0.0964. The number of allylic oxidation sites excluding steroid dienone is 14. The second-order valence-corrected chi connectivity index (χ2v) is 19.9. The van der Waals surface area contributed by atoms with Crippen molar-refractivity contribution in [2.45, 2.75) is 297 Å². The number of rotatable bonds is 54. The van der Waals surface area contributed by atoms with Gasteiger partial charge in [0.1, 0.15) is 13.2 Å². The highest BCUT2D eigenvalue weighted by atomic mass is 16.6. The Morgan fingerprint density at radius 1 is 0.296 bits per heavy atom. The van der Waals surface area contributed by atoms with E-state index in [1.165, 1.54) is 154 Å². The third-order valence-electron chi connectivity index (χ3n) is 12.9. The van der Waals surface area contributed by atoms with Crippen molar-refractivity contribution in [1.29, 1.82) is 0 Å². The molecule has 0 heterocycles. The number of ether oxygens (including phenoxy) is 3. The van der Waals surface area contributed by atoms with E-state index in [-0.39, 0.29) is 37.5 Å². The minimum Gasteiger partial charge on any atom is -0.462 e. The molecule has 0 amide bonds. The first-order valence-corrected chi connectivity index (χ1v) is 30.1. The zero-order chi connectivity index (χ0) is 51.4. The van der Waals surface area contributed by atoms with Crippen LogP contribution in [0, 0.1) is 0 Å². The molecule has 0 aliphatic rings. The number of hydrogen-bond acceptors (Lipinski definition) is 6. The lowest BCUT2D eigenvalue weighted by Crippen LogP contribution is -2.30. The maximum absolute atomic E-state index is 12.9. The average molecular weight is 990 g/mol. The molecule has 1 unspecified atom stereocenters. The van der Waals surface area contributed by atoms with Crippen LogP contribution >= 0.6 is 0 Å². The van der Waals surface area contributed by atoms with Gasteiger partial charge in [0.2, 0.25) is 0 Å². The summed E-state index contributed by atoms with van der Waals surface area (Å²) in [4.78, 5) is 38.2. The second kappa shape index (κ2) is 59.2. The number of carbonyl (C=O) groups excluding carboxylic acids is 3. The first-order chi connectivity index (χ1) is 35.0. The van der Waals surface area contributed by atoms with Crippen molar-refractivity contribution in [3.8, 4) is 0 Å². The Kier molecular flexibility index (Phi) is 56.3. The van der Waals surface area contributed by atoms with Crippen molar-refractivity contribution in [3.63, 3.8) is 0 Å².